The van der Waals surface area contributed by atoms with Crippen LogP contribution in [0.1, 0.15) is 425 Å². The maximum absolute atomic E-state index is 13.1. The first-order valence-electron chi connectivity index (χ1n) is 40.5. The predicted octanol–water partition coefficient (Wildman–Crippen LogP) is 21.8. The topological polar surface area (TPSA) is 175 Å². The second kappa shape index (κ2) is 69.7. The zero-order chi connectivity index (χ0) is 65.8. The number of hydrogen-bond acceptors (Lipinski definition) is 10. The van der Waals surface area contributed by atoms with Crippen LogP contribution < -0.4 is 5.32 Å². The number of carbonyl (C=O) groups is 2. The molecular weight excluding hydrogens is 1130 g/mol. The summed E-state index contributed by atoms with van der Waals surface area (Å²) in [5.41, 5.74) is 0. The fraction of sp³-hybridized carbons (Fsp3) is 0.950. The molecule has 0 aliphatic carbocycles. The van der Waals surface area contributed by atoms with Gasteiger partial charge in [0.1, 0.15) is 24.4 Å². The van der Waals surface area contributed by atoms with Gasteiger partial charge in [-0.05, 0) is 32.1 Å². The summed E-state index contributed by atoms with van der Waals surface area (Å²) in [6, 6.07) is -0.804. The number of esters is 1. The van der Waals surface area contributed by atoms with Crippen LogP contribution in [0.2, 0.25) is 0 Å². The van der Waals surface area contributed by atoms with Gasteiger partial charge in [-0.25, -0.2) is 0 Å². The lowest BCUT2D eigenvalue weighted by Gasteiger charge is -2.40. The number of amides is 1. The van der Waals surface area contributed by atoms with Gasteiger partial charge in [0.2, 0.25) is 5.91 Å². The molecule has 1 heterocycles. The fourth-order valence-electron chi connectivity index (χ4n) is 13.3. The molecule has 1 fully saturated rings. The number of ether oxygens (including phenoxy) is 3. The third kappa shape index (κ3) is 58.3. The van der Waals surface area contributed by atoms with Crippen LogP contribution in [-0.4, -0.2) is 100 Å². The van der Waals surface area contributed by atoms with E-state index in [0.717, 1.165) is 51.4 Å². The van der Waals surface area contributed by atoms with Gasteiger partial charge in [0, 0.05) is 12.8 Å². The van der Waals surface area contributed by atoms with Crippen molar-refractivity contribution in [1.82, 2.24) is 5.32 Å². The van der Waals surface area contributed by atoms with E-state index in [1.165, 1.54) is 347 Å². The standard InChI is InChI=1S/C80H155NO10/c1-3-5-7-9-11-13-15-43-47-50-54-58-62-66-73(83)72(71-90-80-79(88)78(87)77(86)74(70-82)91-80)81-75(84)67-63-59-55-51-48-44-41-39-37-35-33-31-29-27-25-23-21-19-17-16-18-20-22-24-26-28-30-32-34-36-38-40-42-45-49-53-57-61-65-69-89-76(85)68-64-60-56-52-46-14-12-10-8-6-4-2/h62,66,72-74,77-80,82-83,86-88H,3-61,63-65,67-71H2,1-2H3,(H,81,84)/b66-62+. The summed E-state index contributed by atoms with van der Waals surface area (Å²) >= 11 is 0. The minimum absolute atomic E-state index is 0.0190. The van der Waals surface area contributed by atoms with Crippen molar-refractivity contribution in [3.63, 3.8) is 0 Å². The van der Waals surface area contributed by atoms with E-state index in [0.29, 0.717) is 19.4 Å². The number of hydrogen-bond donors (Lipinski definition) is 6. The number of nitrogens with one attached hydrogen (secondary N) is 1. The molecule has 91 heavy (non-hydrogen) atoms. The minimum Gasteiger partial charge on any atom is -0.466 e. The first kappa shape index (κ1) is 87.4. The monoisotopic (exact) mass is 1290 g/mol. The Morgan fingerprint density at radius 3 is 1.02 bits per heavy atom. The van der Waals surface area contributed by atoms with Crippen LogP contribution >= 0.6 is 0 Å². The minimum atomic E-state index is -1.57. The molecule has 0 radical (unpaired) electrons. The van der Waals surface area contributed by atoms with Gasteiger partial charge in [0.15, 0.2) is 6.29 Å². The fourth-order valence-corrected chi connectivity index (χ4v) is 13.3. The Hall–Kier alpha value is -1.60. The molecule has 0 bridgehead atoms. The average Bonchev–Trinajstić information content (AvgIpc) is 1.98. The smallest absolute Gasteiger partial charge is 0.305 e. The molecule has 1 rings (SSSR count). The Balaban J connectivity index is 1.88. The third-order valence-corrected chi connectivity index (χ3v) is 19.7. The molecule has 11 nitrogen and oxygen atoms in total. The van der Waals surface area contributed by atoms with Gasteiger partial charge in [-0.1, -0.05) is 392 Å². The van der Waals surface area contributed by atoms with Gasteiger partial charge in [0.05, 0.1) is 32.0 Å². The highest BCUT2D eigenvalue weighted by atomic mass is 16.7. The molecule has 1 amide bonds. The largest absolute Gasteiger partial charge is 0.466 e. The van der Waals surface area contributed by atoms with E-state index < -0.39 is 49.5 Å². The summed E-state index contributed by atoms with van der Waals surface area (Å²) < 4.78 is 16.8. The lowest BCUT2D eigenvalue weighted by atomic mass is 9.99. The number of carbonyl (C=O) groups excluding carboxylic acids is 2. The molecule has 7 unspecified atom stereocenters. The zero-order valence-electron chi connectivity index (χ0n) is 60.3. The van der Waals surface area contributed by atoms with Crippen LogP contribution in [0.4, 0.5) is 0 Å². The molecule has 0 saturated carbocycles. The Morgan fingerprint density at radius 1 is 0.396 bits per heavy atom. The van der Waals surface area contributed by atoms with Gasteiger partial charge >= 0.3 is 5.97 Å². The Labute approximate surface area is 563 Å². The van der Waals surface area contributed by atoms with Crippen LogP contribution in [0.25, 0.3) is 0 Å². The van der Waals surface area contributed by atoms with Crippen molar-refractivity contribution in [2.24, 2.45) is 0 Å². The second-order valence-corrected chi connectivity index (χ2v) is 28.5. The van der Waals surface area contributed by atoms with E-state index in [2.05, 4.69) is 19.2 Å². The van der Waals surface area contributed by atoms with Gasteiger partial charge in [0.25, 0.3) is 0 Å². The Morgan fingerprint density at radius 2 is 0.692 bits per heavy atom. The van der Waals surface area contributed by atoms with Crippen LogP contribution in [-0.2, 0) is 23.8 Å². The summed E-state index contributed by atoms with van der Waals surface area (Å²) in [6.45, 7) is 4.40. The average molecular weight is 1290 g/mol. The van der Waals surface area contributed by atoms with Gasteiger partial charge in [-0.2, -0.15) is 0 Å². The highest BCUT2D eigenvalue weighted by Crippen LogP contribution is 2.24. The molecule has 0 aromatic heterocycles. The van der Waals surface area contributed by atoms with Crippen molar-refractivity contribution in [2.75, 3.05) is 19.8 Å². The molecular formula is C80H155NO10. The SMILES string of the molecule is CCCCCCCCCCCCC/C=C/C(O)C(COC1OC(CO)C(O)C(O)C1O)NC(=O)CCCCCCCCCCCCCCCCCCCCCCCCCCCCCCCCCCCCCCCCCOC(=O)CCCCCCCCCCCCC. The van der Waals surface area contributed by atoms with Crippen molar-refractivity contribution >= 4 is 11.9 Å². The second-order valence-electron chi connectivity index (χ2n) is 28.5. The van der Waals surface area contributed by atoms with E-state index in [9.17, 15) is 35.1 Å². The number of allylic oxidation sites excluding steroid dienone is 1. The van der Waals surface area contributed by atoms with E-state index in [4.69, 9.17) is 14.2 Å². The molecule has 1 aliphatic rings. The highest BCUT2D eigenvalue weighted by molar-refractivity contribution is 5.76. The maximum atomic E-state index is 13.1. The lowest BCUT2D eigenvalue weighted by Crippen LogP contribution is -2.60. The zero-order valence-corrected chi connectivity index (χ0v) is 60.3. The van der Waals surface area contributed by atoms with Gasteiger partial charge in [-0.3, -0.25) is 9.59 Å². The number of rotatable bonds is 73. The summed E-state index contributed by atoms with van der Waals surface area (Å²) in [5, 5.41) is 54.6. The summed E-state index contributed by atoms with van der Waals surface area (Å²) in [6.07, 6.45) is 78.3. The van der Waals surface area contributed by atoms with Crippen molar-refractivity contribution < 1.29 is 49.3 Å². The molecule has 0 aromatic carbocycles. The van der Waals surface area contributed by atoms with Crippen LogP contribution in [0, 0.1) is 0 Å². The molecule has 7 atom stereocenters. The molecule has 11 heteroatoms. The van der Waals surface area contributed by atoms with Crippen molar-refractivity contribution in [3.05, 3.63) is 12.2 Å². The van der Waals surface area contributed by atoms with Crippen LogP contribution in [0.3, 0.4) is 0 Å². The van der Waals surface area contributed by atoms with Crippen LogP contribution in [0.5, 0.6) is 0 Å². The maximum Gasteiger partial charge on any atom is 0.305 e. The quantitative estimate of drug-likeness (QED) is 0.0195. The third-order valence-electron chi connectivity index (χ3n) is 19.7. The van der Waals surface area contributed by atoms with E-state index in [-0.39, 0.29) is 18.5 Å². The van der Waals surface area contributed by atoms with E-state index in [1.54, 1.807) is 6.08 Å². The predicted molar refractivity (Wildman–Crippen MR) is 385 cm³/mol. The number of aliphatic hydroxyl groups is 5. The van der Waals surface area contributed by atoms with Crippen LogP contribution in [0.15, 0.2) is 12.2 Å². The highest BCUT2D eigenvalue weighted by Gasteiger charge is 2.44. The van der Waals surface area contributed by atoms with E-state index in [1.807, 2.05) is 6.08 Å². The molecule has 1 saturated heterocycles. The summed E-state index contributed by atoms with van der Waals surface area (Å²) in [5.74, 6) is -0.153. The van der Waals surface area contributed by atoms with Gasteiger partial charge < -0.3 is 45.1 Å². The van der Waals surface area contributed by atoms with Crippen molar-refractivity contribution in [2.45, 2.75) is 468 Å². The van der Waals surface area contributed by atoms with Crippen molar-refractivity contribution in [1.29, 1.82) is 0 Å². The molecule has 540 valence electrons. The summed E-state index contributed by atoms with van der Waals surface area (Å²) in [7, 11) is 0. The van der Waals surface area contributed by atoms with E-state index >= 15 is 0 Å². The Bertz CT molecular complexity index is 1510. The number of aliphatic hydroxyl groups excluding tert-OH is 5. The first-order chi connectivity index (χ1) is 44.7. The molecule has 1 aliphatic heterocycles. The summed E-state index contributed by atoms with van der Waals surface area (Å²) in [4.78, 5) is 25.1. The first-order valence-corrected chi connectivity index (χ1v) is 40.5. The Kier molecular flexibility index (Phi) is 67.0. The lowest BCUT2D eigenvalue weighted by molar-refractivity contribution is -0.302. The van der Waals surface area contributed by atoms with Gasteiger partial charge in [-0.15, -0.1) is 0 Å². The normalized spacial score (nSPS) is 17.5. The molecule has 0 spiro atoms. The molecule has 0 aromatic rings. The molecule has 6 N–H and O–H groups in total. The van der Waals surface area contributed by atoms with Crippen molar-refractivity contribution in [3.8, 4) is 0 Å². The number of unbranched alkanes of at least 4 members (excludes halogenated alkanes) is 59.